The highest BCUT2D eigenvalue weighted by molar-refractivity contribution is 7.98. The van der Waals surface area contributed by atoms with E-state index in [-0.39, 0.29) is 6.61 Å². The number of hydrogen-bond acceptors (Lipinski definition) is 6. The summed E-state index contributed by atoms with van der Waals surface area (Å²) in [6.07, 6.45) is 3.31. The lowest BCUT2D eigenvalue weighted by molar-refractivity contribution is 0.252. The molecule has 8 heteroatoms. The Labute approximate surface area is 183 Å². The van der Waals surface area contributed by atoms with Gasteiger partial charge in [-0.2, -0.15) is 5.10 Å². The summed E-state index contributed by atoms with van der Waals surface area (Å²) < 4.78 is 13.5. The molecule has 2 aromatic heterocycles. The van der Waals surface area contributed by atoms with Gasteiger partial charge in [0.25, 0.3) is 11.1 Å². The summed E-state index contributed by atoms with van der Waals surface area (Å²) in [5, 5.41) is 14.3. The van der Waals surface area contributed by atoms with Gasteiger partial charge < -0.3 is 9.15 Å². The standard InChI is InChI=1S/C22H19ClN4O2S/c23-15-9-11-17(12-10-15)28-13-21-24-25-22(29-21)30-14-19-18-7-4-8-20(18)27(26-19)16-5-2-1-3-6-16/h1-3,5-6,9-12H,4,7-8,13-14H2. The van der Waals surface area contributed by atoms with E-state index in [2.05, 4.69) is 27.0 Å². The molecular weight excluding hydrogens is 420 g/mol. The van der Waals surface area contributed by atoms with E-state index in [1.165, 1.54) is 29.4 Å². The molecule has 6 nitrogen and oxygen atoms in total. The lowest BCUT2D eigenvalue weighted by Gasteiger charge is -2.04. The number of aromatic nitrogens is 4. The Bertz CT molecular complexity index is 1140. The maximum absolute atomic E-state index is 5.88. The van der Waals surface area contributed by atoms with Crippen molar-refractivity contribution in [1.29, 1.82) is 0 Å². The molecule has 0 amide bonds. The number of nitrogens with zero attached hydrogens (tertiary/aromatic N) is 4. The van der Waals surface area contributed by atoms with Crippen LogP contribution in [0, 0.1) is 0 Å². The lowest BCUT2D eigenvalue weighted by Crippen LogP contribution is -2.01. The van der Waals surface area contributed by atoms with E-state index in [0.29, 0.717) is 27.6 Å². The molecule has 0 radical (unpaired) electrons. The predicted molar refractivity (Wildman–Crippen MR) is 115 cm³/mol. The number of ether oxygens (including phenoxy) is 1. The third-order valence-corrected chi connectivity index (χ3v) is 6.05. The first kappa shape index (κ1) is 19.2. The van der Waals surface area contributed by atoms with Gasteiger partial charge in [-0.1, -0.05) is 41.6 Å². The van der Waals surface area contributed by atoms with Crippen molar-refractivity contribution in [1.82, 2.24) is 20.0 Å². The number of halogens is 1. The van der Waals surface area contributed by atoms with Crippen molar-refractivity contribution < 1.29 is 9.15 Å². The lowest BCUT2D eigenvalue weighted by atomic mass is 10.2. The molecule has 0 N–H and O–H groups in total. The second-order valence-corrected chi connectivity index (χ2v) is 8.33. The van der Waals surface area contributed by atoms with E-state index in [1.54, 1.807) is 24.3 Å². The maximum atomic E-state index is 5.88. The molecule has 2 aromatic carbocycles. The smallest absolute Gasteiger partial charge is 0.277 e. The number of fused-ring (bicyclic) bond motifs is 1. The van der Waals surface area contributed by atoms with Crippen LogP contribution in [-0.2, 0) is 25.2 Å². The van der Waals surface area contributed by atoms with Crippen molar-refractivity contribution in [3.8, 4) is 11.4 Å². The average Bonchev–Trinajstić information content (AvgIpc) is 3.50. The highest BCUT2D eigenvalue weighted by Crippen LogP contribution is 2.31. The highest BCUT2D eigenvalue weighted by atomic mass is 35.5. The first-order chi connectivity index (χ1) is 14.8. The fourth-order valence-corrected chi connectivity index (χ4v) is 4.45. The van der Waals surface area contributed by atoms with E-state index in [0.717, 1.165) is 24.2 Å². The van der Waals surface area contributed by atoms with Crippen LogP contribution in [-0.4, -0.2) is 20.0 Å². The van der Waals surface area contributed by atoms with Crippen LogP contribution >= 0.6 is 23.4 Å². The molecule has 2 heterocycles. The topological polar surface area (TPSA) is 66.0 Å². The first-order valence-corrected chi connectivity index (χ1v) is 11.1. The summed E-state index contributed by atoms with van der Waals surface area (Å²) in [4.78, 5) is 0. The van der Waals surface area contributed by atoms with E-state index >= 15 is 0 Å². The van der Waals surface area contributed by atoms with E-state index in [4.69, 9.17) is 25.9 Å². The van der Waals surface area contributed by atoms with Gasteiger partial charge in [0.1, 0.15) is 5.75 Å². The summed E-state index contributed by atoms with van der Waals surface area (Å²) in [6, 6.07) is 17.4. The Morgan fingerprint density at radius 3 is 2.70 bits per heavy atom. The molecule has 5 rings (SSSR count). The zero-order valence-electron chi connectivity index (χ0n) is 16.1. The molecule has 152 valence electrons. The molecular formula is C22H19ClN4O2S. The monoisotopic (exact) mass is 438 g/mol. The van der Waals surface area contributed by atoms with Crippen LogP contribution in [0.1, 0.15) is 29.3 Å². The minimum absolute atomic E-state index is 0.216. The second-order valence-electron chi connectivity index (χ2n) is 6.97. The summed E-state index contributed by atoms with van der Waals surface area (Å²) in [7, 11) is 0. The second kappa shape index (κ2) is 8.53. The maximum Gasteiger partial charge on any atom is 0.277 e. The minimum atomic E-state index is 0.216. The van der Waals surface area contributed by atoms with Crippen LogP contribution in [0.3, 0.4) is 0 Å². The Morgan fingerprint density at radius 2 is 1.87 bits per heavy atom. The van der Waals surface area contributed by atoms with Gasteiger partial charge in [0.2, 0.25) is 0 Å². The van der Waals surface area contributed by atoms with E-state index in [1.807, 2.05) is 18.2 Å². The third-order valence-electron chi connectivity index (χ3n) is 4.97. The minimum Gasteiger partial charge on any atom is -0.484 e. The molecule has 0 aliphatic heterocycles. The largest absolute Gasteiger partial charge is 0.484 e. The molecule has 1 aliphatic carbocycles. The van der Waals surface area contributed by atoms with E-state index < -0.39 is 0 Å². The Kier molecular flexibility index (Phi) is 5.46. The molecule has 0 atom stereocenters. The number of para-hydroxylation sites is 1. The van der Waals surface area contributed by atoms with Crippen molar-refractivity contribution in [3.63, 3.8) is 0 Å². The van der Waals surface area contributed by atoms with Crippen molar-refractivity contribution in [2.75, 3.05) is 0 Å². The fraction of sp³-hybridized carbons (Fsp3) is 0.227. The van der Waals surface area contributed by atoms with Crippen LogP contribution in [0.2, 0.25) is 5.02 Å². The summed E-state index contributed by atoms with van der Waals surface area (Å²) in [5.74, 6) is 1.84. The van der Waals surface area contributed by atoms with Gasteiger partial charge in [-0.3, -0.25) is 0 Å². The molecule has 0 saturated heterocycles. The number of thioether (sulfide) groups is 1. The summed E-state index contributed by atoms with van der Waals surface area (Å²) in [6.45, 7) is 0.216. The highest BCUT2D eigenvalue weighted by Gasteiger charge is 2.23. The quantitative estimate of drug-likeness (QED) is 0.366. The zero-order valence-corrected chi connectivity index (χ0v) is 17.7. The molecule has 4 aromatic rings. The van der Waals surface area contributed by atoms with Gasteiger partial charge in [-0.25, -0.2) is 4.68 Å². The molecule has 0 saturated carbocycles. The van der Waals surface area contributed by atoms with Crippen molar-refractivity contribution in [2.24, 2.45) is 0 Å². The Balaban J connectivity index is 1.24. The van der Waals surface area contributed by atoms with Gasteiger partial charge in [-0.05, 0) is 61.2 Å². The molecule has 0 fully saturated rings. The van der Waals surface area contributed by atoms with Crippen molar-refractivity contribution in [3.05, 3.63) is 82.5 Å². The molecule has 0 spiro atoms. The van der Waals surface area contributed by atoms with Crippen LogP contribution < -0.4 is 4.74 Å². The molecule has 0 bridgehead atoms. The zero-order chi connectivity index (χ0) is 20.3. The average molecular weight is 439 g/mol. The Morgan fingerprint density at radius 1 is 1.03 bits per heavy atom. The first-order valence-electron chi connectivity index (χ1n) is 9.75. The van der Waals surface area contributed by atoms with Gasteiger partial charge in [0, 0.05) is 16.5 Å². The predicted octanol–water partition coefficient (Wildman–Crippen LogP) is 5.27. The number of benzene rings is 2. The molecule has 30 heavy (non-hydrogen) atoms. The molecule has 1 aliphatic rings. The van der Waals surface area contributed by atoms with Crippen molar-refractivity contribution in [2.45, 2.75) is 36.8 Å². The fourth-order valence-electron chi connectivity index (χ4n) is 3.57. The van der Waals surface area contributed by atoms with Gasteiger partial charge in [0.05, 0.1) is 11.4 Å². The van der Waals surface area contributed by atoms with Crippen molar-refractivity contribution >= 4 is 23.4 Å². The summed E-state index contributed by atoms with van der Waals surface area (Å²) >= 11 is 7.39. The van der Waals surface area contributed by atoms with E-state index in [9.17, 15) is 0 Å². The molecule has 0 unspecified atom stereocenters. The van der Waals surface area contributed by atoms with Crippen LogP contribution in [0.5, 0.6) is 5.75 Å². The van der Waals surface area contributed by atoms with Crippen LogP contribution in [0.25, 0.3) is 5.69 Å². The SMILES string of the molecule is Clc1ccc(OCc2nnc(SCc3nn(-c4ccccc4)c4c3CCC4)o2)cc1. The Hall–Kier alpha value is -2.77. The van der Waals surface area contributed by atoms with Gasteiger partial charge >= 0.3 is 0 Å². The normalized spacial score (nSPS) is 12.8. The van der Waals surface area contributed by atoms with Crippen LogP contribution in [0.15, 0.2) is 64.2 Å². The van der Waals surface area contributed by atoms with Gasteiger partial charge in [0.15, 0.2) is 6.61 Å². The number of hydrogen-bond donors (Lipinski definition) is 0. The van der Waals surface area contributed by atoms with Gasteiger partial charge in [-0.15, -0.1) is 10.2 Å². The number of rotatable bonds is 7. The van der Waals surface area contributed by atoms with Crippen LogP contribution in [0.4, 0.5) is 0 Å². The summed E-state index contributed by atoms with van der Waals surface area (Å²) in [5.41, 5.74) is 4.87. The third kappa shape index (κ3) is 4.08.